The van der Waals surface area contributed by atoms with E-state index < -0.39 is 50.9 Å². The Kier molecular flexibility index (Phi) is 5.79. The first kappa shape index (κ1) is 25.2. The van der Waals surface area contributed by atoms with Gasteiger partial charge in [-0.05, 0) is 55.7 Å². The zero-order chi connectivity index (χ0) is 26.1. The Morgan fingerprint density at radius 3 is 2.34 bits per heavy atom. The molecule has 0 saturated heterocycles. The van der Waals surface area contributed by atoms with Gasteiger partial charge in [-0.3, -0.25) is 14.4 Å². The fourth-order valence-electron chi connectivity index (χ4n) is 6.65. The van der Waals surface area contributed by atoms with E-state index in [0.717, 1.165) is 37.3 Å². The van der Waals surface area contributed by atoms with Crippen LogP contribution in [-0.2, 0) is 27.2 Å². The van der Waals surface area contributed by atoms with Gasteiger partial charge in [-0.15, -0.1) is 0 Å². The highest BCUT2D eigenvalue weighted by Gasteiger charge is 2.68. The summed E-state index contributed by atoms with van der Waals surface area (Å²) in [6.45, 7) is 8.76. The Labute approximate surface area is 205 Å². The first-order valence-corrected chi connectivity index (χ1v) is 12.2. The molecule has 3 aliphatic carbocycles. The van der Waals surface area contributed by atoms with Crippen molar-refractivity contribution in [1.82, 2.24) is 0 Å². The van der Waals surface area contributed by atoms with Gasteiger partial charge in [0.05, 0.1) is 5.56 Å². The smallest absolute Gasteiger partial charge is 0.203 e. The standard InChI is InChI=1S/C28H34O7/c1-14(2)7-6-8-16-9-10-18(30)21-17(16)11-26(4)13-27(5)12-19(31)20(15(3)29)24(33)28(27,35)25(34)22(26)23(21)32/h9-10,14,30,32-33,35H,6-8,11-13H2,1-5H3/t26-,27+,28+/m1/s1. The number of aryl methyl sites for hydroxylation is 1. The van der Waals surface area contributed by atoms with Crippen LogP contribution in [0, 0.1) is 16.7 Å². The van der Waals surface area contributed by atoms with Gasteiger partial charge in [-0.2, -0.15) is 0 Å². The average Bonchev–Trinajstić information content (AvgIpc) is 2.71. The maximum atomic E-state index is 13.9. The number of benzene rings is 1. The second-order valence-corrected chi connectivity index (χ2v) is 11.5. The van der Waals surface area contributed by atoms with E-state index in [4.69, 9.17) is 0 Å². The molecule has 1 aromatic carbocycles. The molecule has 0 spiro atoms. The van der Waals surface area contributed by atoms with E-state index in [1.807, 2.05) is 6.07 Å². The minimum Gasteiger partial charge on any atom is -0.508 e. The summed E-state index contributed by atoms with van der Waals surface area (Å²) in [6, 6.07) is 3.34. The molecule has 188 valence electrons. The predicted molar refractivity (Wildman–Crippen MR) is 130 cm³/mol. The van der Waals surface area contributed by atoms with Crippen molar-refractivity contribution in [3.8, 4) is 5.75 Å². The fourth-order valence-corrected chi connectivity index (χ4v) is 6.65. The van der Waals surface area contributed by atoms with Crippen LogP contribution in [0.3, 0.4) is 0 Å². The molecule has 1 saturated carbocycles. The quantitative estimate of drug-likeness (QED) is 0.460. The number of carbonyl (C=O) groups is 3. The van der Waals surface area contributed by atoms with Gasteiger partial charge in [0.1, 0.15) is 22.8 Å². The number of allylic oxidation sites excluding steroid dienone is 1. The van der Waals surface area contributed by atoms with Gasteiger partial charge < -0.3 is 20.4 Å². The lowest BCUT2D eigenvalue weighted by Gasteiger charge is -2.56. The lowest BCUT2D eigenvalue weighted by molar-refractivity contribution is -0.164. The maximum Gasteiger partial charge on any atom is 0.203 e. The Hall–Kier alpha value is -2.93. The highest BCUT2D eigenvalue weighted by Crippen LogP contribution is 2.62. The number of Topliss-reactive ketones (excluding diaryl/α,β-unsaturated/α-hetero) is 3. The van der Waals surface area contributed by atoms with Gasteiger partial charge in [0.15, 0.2) is 17.2 Å². The predicted octanol–water partition coefficient (Wildman–Crippen LogP) is 4.29. The van der Waals surface area contributed by atoms with Gasteiger partial charge in [0.25, 0.3) is 0 Å². The second kappa shape index (κ2) is 8.05. The number of aliphatic hydroxyl groups is 3. The van der Waals surface area contributed by atoms with Crippen molar-refractivity contribution >= 4 is 23.1 Å². The summed E-state index contributed by atoms with van der Waals surface area (Å²) in [6.07, 6.45) is 2.85. The van der Waals surface area contributed by atoms with Crippen LogP contribution in [0.1, 0.15) is 77.0 Å². The molecule has 1 fully saturated rings. The summed E-state index contributed by atoms with van der Waals surface area (Å²) < 4.78 is 0. The van der Waals surface area contributed by atoms with Crippen LogP contribution in [0.2, 0.25) is 0 Å². The van der Waals surface area contributed by atoms with Crippen molar-refractivity contribution in [2.45, 2.75) is 78.7 Å². The van der Waals surface area contributed by atoms with Crippen molar-refractivity contribution in [3.63, 3.8) is 0 Å². The van der Waals surface area contributed by atoms with Gasteiger partial charge in [0, 0.05) is 22.8 Å². The van der Waals surface area contributed by atoms with Crippen molar-refractivity contribution in [1.29, 1.82) is 0 Å². The summed E-state index contributed by atoms with van der Waals surface area (Å²) >= 11 is 0. The molecule has 3 aliphatic rings. The SMILES string of the molecule is CC(=O)C1=C(O)[C@]2(O)C(=O)C3=C(O)c4c(O)ccc(CCCC(C)C)c4C[C@]3(C)C[C@]2(C)CC1=O. The first-order valence-electron chi connectivity index (χ1n) is 12.2. The molecule has 4 rings (SSSR count). The van der Waals surface area contributed by atoms with E-state index in [0.29, 0.717) is 12.3 Å². The third-order valence-electron chi connectivity index (χ3n) is 8.23. The number of ketones is 3. The number of aliphatic hydroxyl groups excluding tert-OH is 2. The Morgan fingerprint density at radius 1 is 1.09 bits per heavy atom. The van der Waals surface area contributed by atoms with E-state index in [1.165, 1.54) is 6.07 Å². The van der Waals surface area contributed by atoms with Crippen molar-refractivity contribution < 1.29 is 34.8 Å². The van der Waals surface area contributed by atoms with Crippen molar-refractivity contribution in [3.05, 3.63) is 45.7 Å². The molecule has 35 heavy (non-hydrogen) atoms. The lowest BCUT2D eigenvalue weighted by Crippen LogP contribution is -2.65. The zero-order valence-electron chi connectivity index (χ0n) is 21.0. The van der Waals surface area contributed by atoms with Gasteiger partial charge in [-0.25, -0.2) is 0 Å². The highest BCUT2D eigenvalue weighted by molar-refractivity contribution is 6.23. The van der Waals surface area contributed by atoms with Crippen LogP contribution < -0.4 is 0 Å². The average molecular weight is 483 g/mol. The van der Waals surface area contributed by atoms with Crippen LogP contribution in [0.15, 0.2) is 29.0 Å². The van der Waals surface area contributed by atoms with Crippen molar-refractivity contribution in [2.24, 2.45) is 16.7 Å². The summed E-state index contributed by atoms with van der Waals surface area (Å²) in [5, 5.41) is 44.6. The Balaban J connectivity index is 1.92. The number of phenols is 1. The number of phenolic OH excluding ortho intramolecular Hbond substituents is 1. The lowest BCUT2D eigenvalue weighted by atomic mass is 9.47. The van der Waals surface area contributed by atoms with Crippen molar-refractivity contribution in [2.75, 3.05) is 0 Å². The van der Waals surface area contributed by atoms with Crippen LogP contribution in [0.25, 0.3) is 5.76 Å². The molecular formula is C28H34O7. The van der Waals surface area contributed by atoms with Crippen LogP contribution in [0.4, 0.5) is 0 Å². The number of carbonyl (C=O) groups excluding carboxylic acids is 3. The normalized spacial score (nSPS) is 30.4. The van der Waals surface area contributed by atoms with Gasteiger partial charge >= 0.3 is 0 Å². The molecule has 0 aromatic heterocycles. The molecule has 1 aromatic rings. The van der Waals surface area contributed by atoms with Gasteiger partial charge in [-0.1, -0.05) is 40.2 Å². The molecule has 0 unspecified atom stereocenters. The summed E-state index contributed by atoms with van der Waals surface area (Å²) in [5.41, 5.74) is -3.64. The molecule has 0 amide bonds. The second-order valence-electron chi connectivity index (χ2n) is 11.5. The molecule has 7 nitrogen and oxygen atoms in total. The molecular weight excluding hydrogens is 448 g/mol. The summed E-state index contributed by atoms with van der Waals surface area (Å²) in [7, 11) is 0. The van der Waals surface area contributed by atoms with Gasteiger partial charge in [0.2, 0.25) is 5.78 Å². The zero-order valence-corrected chi connectivity index (χ0v) is 21.0. The molecule has 0 heterocycles. The van der Waals surface area contributed by atoms with Crippen LogP contribution >= 0.6 is 0 Å². The molecule has 0 radical (unpaired) electrons. The molecule has 0 bridgehead atoms. The number of hydrogen-bond donors (Lipinski definition) is 4. The number of aromatic hydroxyl groups is 1. The third-order valence-corrected chi connectivity index (χ3v) is 8.23. The number of fused-ring (bicyclic) bond motifs is 3. The minimum atomic E-state index is -2.53. The summed E-state index contributed by atoms with van der Waals surface area (Å²) in [5.74, 6) is -3.29. The van der Waals surface area contributed by atoms with Crippen LogP contribution in [0.5, 0.6) is 5.75 Å². The minimum absolute atomic E-state index is 0.0941. The topological polar surface area (TPSA) is 132 Å². The third kappa shape index (κ3) is 3.46. The monoisotopic (exact) mass is 482 g/mol. The highest BCUT2D eigenvalue weighted by atomic mass is 16.3. The number of rotatable bonds is 5. The van der Waals surface area contributed by atoms with E-state index in [2.05, 4.69) is 13.8 Å². The van der Waals surface area contributed by atoms with E-state index in [-0.39, 0.29) is 29.7 Å². The maximum absolute atomic E-state index is 13.9. The number of hydrogen-bond acceptors (Lipinski definition) is 7. The van der Waals surface area contributed by atoms with E-state index >= 15 is 0 Å². The van der Waals surface area contributed by atoms with E-state index in [1.54, 1.807) is 13.8 Å². The molecule has 4 N–H and O–H groups in total. The Morgan fingerprint density at radius 2 is 1.74 bits per heavy atom. The fraction of sp³-hybridized carbons (Fsp3) is 0.536. The molecule has 7 heteroatoms. The molecule has 3 atom stereocenters. The van der Waals surface area contributed by atoms with E-state index in [9.17, 15) is 34.8 Å². The Bertz CT molecular complexity index is 1220. The summed E-state index contributed by atoms with van der Waals surface area (Å²) in [4.78, 5) is 38.8. The largest absolute Gasteiger partial charge is 0.508 e. The first-order chi connectivity index (χ1) is 16.2. The molecule has 0 aliphatic heterocycles. The van der Waals surface area contributed by atoms with Crippen LogP contribution in [-0.4, -0.2) is 43.4 Å².